The second-order valence-corrected chi connectivity index (χ2v) is 5.63. The van der Waals surface area contributed by atoms with Crippen molar-refractivity contribution in [3.8, 4) is 5.75 Å². The van der Waals surface area contributed by atoms with Crippen LogP contribution in [0.5, 0.6) is 5.75 Å². The van der Waals surface area contributed by atoms with Gasteiger partial charge in [0, 0.05) is 5.69 Å². The SMILES string of the molecule is CCc1ccccc1OCCNC(=O)Nc1ccc(Cl)c(Cl)c1. The lowest BCUT2D eigenvalue weighted by atomic mass is 10.1. The molecule has 0 bridgehead atoms. The summed E-state index contributed by atoms with van der Waals surface area (Å²) < 4.78 is 5.68. The van der Waals surface area contributed by atoms with Gasteiger partial charge in [-0.15, -0.1) is 0 Å². The van der Waals surface area contributed by atoms with Gasteiger partial charge in [-0.3, -0.25) is 0 Å². The third-order valence-electron chi connectivity index (χ3n) is 3.18. The molecule has 0 fully saturated rings. The summed E-state index contributed by atoms with van der Waals surface area (Å²) in [6.45, 7) is 2.86. The highest BCUT2D eigenvalue weighted by atomic mass is 35.5. The normalized spacial score (nSPS) is 10.2. The summed E-state index contributed by atoms with van der Waals surface area (Å²) >= 11 is 11.7. The highest BCUT2D eigenvalue weighted by molar-refractivity contribution is 6.42. The van der Waals surface area contributed by atoms with Gasteiger partial charge in [0.05, 0.1) is 16.6 Å². The Balaban J connectivity index is 1.75. The summed E-state index contributed by atoms with van der Waals surface area (Å²) in [4.78, 5) is 11.8. The topological polar surface area (TPSA) is 50.4 Å². The van der Waals surface area contributed by atoms with E-state index in [1.807, 2.05) is 24.3 Å². The number of halogens is 2. The predicted octanol–water partition coefficient (Wildman–Crippen LogP) is 4.76. The van der Waals surface area contributed by atoms with Gasteiger partial charge in [0.25, 0.3) is 0 Å². The molecule has 0 aromatic heterocycles. The Hall–Kier alpha value is -1.91. The van der Waals surface area contributed by atoms with Crippen LogP contribution in [-0.2, 0) is 6.42 Å². The van der Waals surface area contributed by atoms with E-state index in [1.54, 1.807) is 18.2 Å². The fraction of sp³-hybridized carbons (Fsp3) is 0.235. The molecule has 4 nitrogen and oxygen atoms in total. The molecule has 0 saturated carbocycles. The zero-order valence-corrected chi connectivity index (χ0v) is 14.2. The average molecular weight is 353 g/mol. The third-order valence-corrected chi connectivity index (χ3v) is 3.92. The molecule has 0 heterocycles. The van der Waals surface area contributed by atoms with Crippen molar-refractivity contribution in [2.75, 3.05) is 18.5 Å². The minimum absolute atomic E-state index is 0.323. The molecule has 2 rings (SSSR count). The van der Waals surface area contributed by atoms with Crippen LogP contribution in [-0.4, -0.2) is 19.2 Å². The van der Waals surface area contributed by atoms with Gasteiger partial charge in [-0.25, -0.2) is 4.79 Å². The van der Waals surface area contributed by atoms with Crippen LogP contribution in [0, 0.1) is 0 Å². The lowest BCUT2D eigenvalue weighted by Crippen LogP contribution is -2.32. The lowest BCUT2D eigenvalue weighted by molar-refractivity contribution is 0.247. The van der Waals surface area contributed by atoms with E-state index >= 15 is 0 Å². The minimum atomic E-state index is -0.323. The molecule has 0 aliphatic carbocycles. The maximum Gasteiger partial charge on any atom is 0.319 e. The summed E-state index contributed by atoms with van der Waals surface area (Å²) in [5.74, 6) is 0.849. The molecule has 23 heavy (non-hydrogen) atoms. The molecule has 2 aromatic carbocycles. The van der Waals surface area contributed by atoms with Crippen molar-refractivity contribution in [1.82, 2.24) is 5.32 Å². The van der Waals surface area contributed by atoms with Crippen molar-refractivity contribution in [2.24, 2.45) is 0 Å². The van der Waals surface area contributed by atoms with Crippen LogP contribution >= 0.6 is 23.2 Å². The lowest BCUT2D eigenvalue weighted by Gasteiger charge is -2.11. The smallest absolute Gasteiger partial charge is 0.319 e. The number of benzene rings is 2. The van der Waals surface area contributed by atoms with Crippen LogP contribution in [0.1, 0.15) is 12.5 Å². The fourth-order valence-corrected chi connectivity index (χ4v) is 2.31. The predicted molar refractivity (Wildman–Crippen MR) is 94.8 cm³/mol. The third kappa shape index (κ3) is 5.34. The Labute approximate surface area is 145 Å². The zero-order valence-electron chi connectivity index (χ0n) is 12.7. The molecule has 0 atom stereocenters. The van der Waals surface area contributed by atoms with Gasteiger partial charge in [-0.2, -0.15) is 0 Å². The number of carbonyl (C=O) groups is 1. The van der Waals surface area contributed by atoms with Crippen LogP contribution in [0.3, 0.4) is 0 Å². The quantitative estimate of drug-likeness (QED) is 0.736. The summed E-state index contributed by atoms with van der Waals surface area (Å²) in [6.07, 6.45) is 0.904. The molecule has 0 saturated heterocycles. The molecule has 0 radical (unpaired) electrons. The van der Waals surface area contributed by atoms with Crippen LogP contribution in [0.15, 0.2) is 42.5 Å². The molecule has 0 spiro atoms. The van der Waals surface area contributed by atoms with E-state index < -0.39 is 0 Å². The average Bonchev–Trinajstić information content (AvgIpc) is 2.55. The molecule has 6 heteroatoms. The molecule has 0 aliphatic rings. The number of aryl methyl sites for hydroxylation is 1. The Morgan fingerprint density at radius 2 is 1.91 bits per heavy atom. The van der Waals surface area contributed by atoms with E-state index in [9.17, 15) is 4.79 Å². The second kappa shape index (κ2) is 8.65. The van der Waals surface area contributed by atoms with E-state index in [-0.39, 0.29) is 6.03 Å². The number of hydrogen-bond acceptors (Lipinski definition) is 2. The zero-order chi connectivity index (χ0) is 16.7. The van der Waals surface area contributed by atoms with Crippen LogP contribution < -0.4 is 15.4 Å². The van der Waals surface area contributed by atoms with Crippen LogP contribution in [0.2, 0.25) is 10.0 Å². The maximum atomic E-state index is 11.8. The molecular formula is C17H18Cl2N2O2. The first-order valence-corrected chi connectivity index (χ1v) is 8.06. The summed E-state index contributed by atoms with van der Waals surface area (Å²) in [5.41, 5.74) is 1.72. The van der Waals surface area contributed by atoms with Crippen molar-refractivity contribution in [1.29, 1.82) is 0 Å². The molecule has 122 valence electrons. The Kier molecular flexibility index (Phi) is 6.56. The number of hydrogen-bond donors (Lipinski definition) is 2. The molecule has 0 unspecified atom stereocenters. The Bertz CT molecular complexity index is 677. The van der Waals surface area contributed by atoms with Crippen LogP contribution in [0.25, 0.3) is 0 Å². The Morgan fingerprint density at radius 1 is 1.13 bits per heavy atom. The molecule has 2 amide bonds. The molecule has 2 aromatic rings. The maximum absolute atomic E-state index is 11.8. The number of urea groups is 1. The van der Waals surface area contributed by atoms with Crippen molar-refractivity contribution in [3.05, 3.63) is 58.1 Å². The van der Waals surface area contributed by atoms with E-state index in [2.05, 4.69) is 17.6 Å². The standard InChI is InChI=1S/C17H18Cl2N2O2/c1-2-12-5-3-4-6-16(12)23-10-9-20-17(22)21-13-7-8-14(18)15(19)11-13/h3-8,11H,2,9-10H2,1H3,(H2,20,21,22). The van der Waals surface area contributed by atoms with Crippen molar-refractivity contribution < 1.29 is 9.53 Å². The van der Waals surface area contributed by atoms with Gasteiger partial charge in [-0.1, -0.05) is 48.3 Å². The number of ether oxygens (including phenoxy) is 1. The van der Waals surface area contributed by atoms with E-state index in [0.29, 0.717) is 28.9 Å². The van der Waals surface area contributed by atoms with Crippen molar-refractivity contribution >= 4 is 34.9 Å². The number of anilines is 1. The number of nitrogens with one attached hydrogen (secondary N) is 2. The second-order valence-electron chi connectivity index (χ2n) is 4.82. The van der Waals surface area contributed by atoms with Crippen molar-refractivity contribution in [3.63, 3.8) is 0 Å². The summed E-state index contributed by atoms with van der Waals surface area (Å²) in [5, 5.41) is 6.24. The number of carbonyl (C=O) groups excluding carboxylic acids is 1. The van der Waals surface area contributed by atoms with E-state index in [1.165, 1.54) is 0 Å². The Morgan fingerprint density at radius 3 is 2.65 bits per heavy atom. The van der Waals surface area contributed by atoms with Crippen molar-refractivity contribution in [2.45, 2.75) is 13.3 Å². The van der Waals surface area contributed by atoms with Crippen LogP contribution in [0.4, 0.5) is 10.5 Å². The van der Waals surface area contributed by atoms with Gasteiger partial charge < -0.3 is 15.4 Å². The van der Waals surface area contributed by atoms with Gasteiger partial charge >= 0.3 is 6.03 Å². The van der Waals surface area contributed by atoms with Gasteiger partial charge in [0.15, 0.2) is 0 Å². The first-order chi connectivity index (χ1) is 11.1. The highest BCUT2D eigenvalue weighted by Gasteiger charge is 2.05. The first kappa shape index (κ1) is 17.4. The monoisotopic (exact) mass is 352 g/mol. The summed E-state index contributed by atoms with van der Waals surface area (Å²) in [7, 11) is 0. The summed E-state index contributed by atoms with van der Waals surface area (Å²) in [6, 6.07) is 12.4. The van der Waals surface area contributed by atoms with E-state index in [4.69, 9.17) is 27.9 Å². The van der Waals surface area contributed by atoms with E-state index in [0.717, 1.165) is 17.7 Å². The number of para-hydroxylation sites is 1. The number of amides is 2. The fourth-order valence-electron chi connectivity index (χ4n) is 2.01. The minimum Gasteiger partial charge on any atom is -0.491 e. The molecule has 0 aliphatic heterocycles. The molecule has 2 N–H and O–H groups in total. The molecular weight excluding hydrogens is 335 g/mol. The largest absolute Gasteiger partial charge is 0.491 e. The van der Waals surface area contributed by atoms with Gasteiger partial charge in [0.2, 0.25) is 0 Å². The van der Waals surface area contributed by atoms with Gasteiger partial charge in [-0.05, 0) is 36.2 Å². The number of rotatable bonds is 6. The first-order valence-electron chi connectivity index (χ1n) is 7.30. The van der Waals surface area contributed by atoms with Gasteiger partial charge in [0.1, 0.15) is 12.4 Å². The highest BCUT2D eigenvalue weighted by Crippen LogP contribution is 2.24.